The van der Waals surface area contributed by atoms with Gasteiger partial charge in [-0.15, -0.1) is 0 Å². The van der Waals surface area contributed by atoms with Crippen molar-refractivity contribution < 1.29 is 9.59 Å². The number of carbonyl (C=O) groups is 2. The Morgan fingerprint density at radius 1 is 1.15 bits per heavy atom. The third-order valence-electron chi connectivity index (χ3n) is 4.25. The lowest BCUT2D eigenvalue weighted by atomic mass is 9.96. The van der Waals surface area contributed by atoms with Crippen LogP contribution in [0.4, 0.5) is 0 Å². The molecule has 1 aliphatic heterocycles. The van der Waals surface area contributed by atoms with Crippen molar-refractivity contribution >= 4 is 11.7 Å². The molecule has 0 aromatic heterocycles. The van der Waals surface area contributed by atoms with Crippen molar-refractivity contribution in [3.8, 4) is 0 Å². The predicted octanol–water partition coefficient (Wildman–Crippen LogP) is 3.01. The molecule has 0 saturated heterocycles. The highest BCUT2D eigenvalue weighted by Gasteiger charge is 2.21. The number of ketones is 1. The topological polar surface area (TPSA) is 52.7 Å². The Labute approximate surface area is 157 Å². The maximum atomic E-state index is 11.9. The molecule has 0 bridgehead atoms. The van der Waals surface area contributed by atoms with Gasteiger partial charge < -0.3 is 15.1 Å². The van der Waals surface area contributed by atoms with Gasteiger partial charge >= 0.3 is 0 Å². The molecule has 26 heavy (non-hydrogen) atoms. The molecule has 0 aromatic carbocycles. The summed E-state index contributed by atoms with van der Waals surface area (Å²) in [5.41, 5.74) is 1.17. The molecular weight excluding hydrogens is 326 g/mol. The van der Waals surface area contributed by atoms with E-state index in [1.165, 1.54) is 18.7 Å². The van der Waals surface area contributed by atoms with Crippen LogP contribution in [0.25, 0.3) is 0 Å². The Bertz CT molecular complexity index is 629. The number of nitrogens with one attached hydrogen (secondary N) is 1. The van der Waals surface area contributed by atoms with E-state index in [1.54, 1.807) is 12.2 Å². The van der Waals surface area contributed by atoms with Gasteiger partial charge in [0, 0.05) is 26.4 Å². The van der Waals surface area contributed by atoms with E-state index in [2.05, 4.69) is 28.4 Å². The molecular formula is C21H31N3O2. The van der Waals surface area contributed by atoms with Gasteiger partial charge in [0.1, 0.15) is 0 Å². The summed E-state index contributed by atoms with van der Waals surface area (Å²) >= 11 is 0. The minimum Gasteiger partial charge on any atom is -0.361 e. The monoisotopic (exact) mass is 357 g/mol. The fraction of sp³-hybridized carbons (Fsp3) is 0.429. The number of nitrogens with zero attached hydrogens (tertiary/aromatic N) is 2. The molecule has 1 amide bonds. The minimum atomic E-state index is -0.423. The second-order valence-corrected chi connectivity index (χ2v) is 6.62. The largest absolute Gasteiger partial charge is 0.361 e. The van der Waals surface area contributed by atoms with Crippen LogP contribution in [0.15, 0.2) is 60.5 Å². The normalized spacial score (nSPS) is 17.7. The number of amides is 1. The highest BCUT2D eigenvalue weighted by Crippen LogP contribution is 2.12. The first-order chi connectivity index (χ1) is 12.3. The molecule has 142 valence electrons. The lowest BCUT2D eigenvalue weighted by molar-refractivity contribution is -0.125. The van der Waals surface area contributed by atoms with Gasteiger partial charge in [0.05, 0.1) is 18.4 Å². The minimum absolute atomic E-state index is 0.0134. The molecule has 5 heteroatoms. The number of allylic oxidation sites excluding steroid dienone is 7. The van der Waals surface area contributed by atoms with E-state index in [0.717, 1.165) is 13.1 Å². The van der Waals surface area contributed by atoms with Gasteiger partial charge in [-0.05, 0) is 18.9 Å². The summed E-state index contributed by atoms with van der Waals surface area (Å²) in [6, 6.07) is -0.423. The van der Waals surface area contributed by atoms with E-state index in [9.17, 15) is 9.59 Å². The van der Waals surface area contributed by atoms with Crippen molar-refractivity contribution in [3.63, 3.8) is 0 Å². The first kappa shape index (κ1) is 21.5. The standard InChI is InChI=1S/C21H31N3O2/c1-6-17(2)21(18(3)25)22-20(26)14-12-10-8-7-9-11-13-19-15-23(4)16-24(19)5/h7-15,17,21H,6,16H2,1-5H3,(H,22,26)/b9-7+,10-8+,13-11-,14-12+/t17-,21+/m1/s1. The number of Topliss-reactive ketones (excluding diaryl/α,β-unsaturated/α-hetero) is 1. The summed E-state index contributed by atoms with van der Waals surface area (Å²) < 4.78 is 0. The molecule has 0 saturated carbocycles. The molecule has 0 radical (unpaired) electrons. The first-order valence-corrected chi connectivity index (χ1v) is 8.97. The van der Waals surface area contributed by atoms with Crippen LogP contribution < -0.4 is 5.32 Å². The molecule has 5 nitrogen and oxygen atoms in total. The third kappa shape index (κ3) is 7.55. The summed E-state index contributed by atoms with van der Waals surface area (Å²) in [4.78, 5) is 27.8. The number of rotatable bonds is 9. The number of carbonyl (C=O) groups excluding carboxylic acids is 2. The van der Waals surface area contributed by atoms with Crippen LogP contribution in [0.2, 0.25) is 0 Å². The van der Waals surface area contributed by atoms with Crippen LogP contribution in [0.3, 0.4) is 0 Å². The zero-order valence-corrected chi connectivity index (χ0v) is 16.5. The van der Waals surface area contributed by atoms with Crippen LogP contribution in [0, 0.1) is 5.92 Å². The molecule has 0 spiro atoms. The van der Waals surface area contributed by atoms with Crippen LogP contribution in [-0.2, 0) is 9.59 Å². The summed E-state index contributed by atoms with van der Waals surface area (Å²) in [6.45, 7) is 6.38. The van der Waals surface area contributed by atoms with Gasteiger partial charge in [0.25, 0.3) is 0 Å². The molecule has 1 aliphatic rings. The summed E-state index contributed by atoms with van der Waals surface area (Å²) in [5.74, 6) is -0.135. The maximum absolute atomic E-state index is 11.9. The van der Waals surface area contributed by atoms with Crippen molar-refractivity contribution in [1.29, 1.82) is 0 Å². The van der Waals surface area contributed by atoms with Crippen molar-refractivity contribution in [2.75, 3.05) is 20.8 Å². The molecule has 0 aromatic rings. The zero-order chi connectivity index (χ0) is 19.5. The second-order valence-electron chi connectivity index (χ2n) is 6.62. The quantitative estimate of drug-likeness (QED) is 0.509. The Kier molecular flexibility index (Phi) is 9.20. The highest BCUT2D eigenvalue weighted by atomic mass is 16.2. The maximum Gasteiger partial charge on any atom is 0.244 e. The summed E-state index contributed by atoms with van der Waals surface area (Å²) in [6.07, 6.45) is 17.5. The van der Waals surface area contributed by atoms with Crippen molar-refractivity contribution in [2.24, 2.45) is 5.92 Å². The zero-order valence-electron chi connectivity index (χ0n) is 16.5. The first-order valence-electron chi connectivity index (χ1n) is 8.97. The van der Waals surface area contributed by atoms with Gasteiger partial charge in [-0.3, -0.25) is 9.59 Å². The molecule has 0 unspecified atom stereocenters. The SMILES string of the molecule is CC[C@@H](C)[C@H](NC(=O)/C=C/C=C/C=C/C=C\C1=CN(C)CN1C)C(C)=O. The Morgan fingerprint density at radius 3 is 2.31 bits per heavy atom. The Hall–Kier alpha value is -2.56. The van der Waals surface area contributed by atoms with E-state index >= 15 is 0 Å². The molecule has 1 N–H and O–H groups in total. The van der Waals surface area contributed by atoms with Gasteiger partial charge in [-0.25, -0.2) is 0 Å². The van der Waals surface area contributed by atoms with Crippen LogP contribution >= 0.6 is 0 Å². The molecule has 1 rings (SSSR count). The van der Waals surface area contributed by atoms with E-state index in [0.29, 0.717) is 0 Å². The Morgan fingerprint density at radius 2 is 1.77 bits per heavy atom. The van der Waals surface area contributed by atoms with Crippen LogP contribution in [0.5, 0.6) is 0 Å². The average molecular weight is 357 g/mol. The van der Waals surface area contributed by atoms with E-state index in [-0.39, 0.29) is 17.6 Å². The second kappa shape index (κ2) is 11.1. The molecule has 1 heterocycles. The molecule has 0 fully saturated rings. The summed E-state index contributed by atoms with van der Waals surface area (Å²) in [5, 5.41) is 2.76. The van der Waals surface area contributed by atoms with Gasteiger partial charge in [-0.1, -0.05) is 56.7 Å². The fourth-order valence-electron chi connectivity index (χ4n) is 2.59. The van der Waals surface area contributed by atoms with E-state index in [4.69, 9.17) is 0 Å². The van der Waals surface area contributed by atoms with Gasteiger partial charge in [0.2, 0.25) is 5.91 Å². The number of hydrogen-bond acceptors (Lipinski definition) is 4. The lowest BCUT2D eigenvalue weighted by Gasteiger charge is -2.20. The van der Waals surface area contributed by atoms with Gasteiger partial charge in [-0.2, -0.15) is 0 Å². The third-order valence-corrected chi connectivity index (χ3v) is 4.25. The fourth-order valence-corrected chi connectivity index (χ4v) is 2.59. The van der Waals surface area contributed by atoms with Gasteiger partial charge in [0.15, 0.2) is 5.78 Å². The van der Waals surface area contributed by atoms with Crippen molar-refractivity contribution in [2.45, 2.75) is 33.2 Å². The predicted molar refractivity (Wildman–Crippen MR) is 107 cm³/mol. The van der Waals surface area contributed by atoms with E-state index in [1.807, 2.05) is 51.3 Å². The smallest absolute Gasteiger partial charge is 0.244 e. The average Bonchev–Trinajstić information content (AvgIpc) is 2.91. The van der Waals surface area contributed by atoms with Crippen LogP contribution in [0.1, 0.15) is 27.2 Å². The lowest BCUT2D eigenvalue weighted by Crippen LogP contribution is -2.43. The Balaban J connectivity index is 2.41. The number of hydrogen-bond donors (Lipinski definition) is 1. The number of likely N-dealkylation sites (N-methyl/N-ethyl adjacent to an activating group) is 1. The highest BCUT2D eigenvalue weighted by molar-refractivity contribution is 5.93. The van der Waals surface area contributed by atoms with Crippen molar-refractivity contribution in [3.05, 3.63) is 60.5 Å². The molecule has 0 aliphatic carbocycles. The van der Waals surface area contributed by atoms with Crippen molar-refractivity contribution in [1.82, 2.24) is 15.1 Å². The molecule has 2 atom stereocenters. The van der Waals surface area contributed by atoms with Crippen LogP contribution in [-0.4, -0.2) is 48.3 Å². The van der Waals surface area contributed by atoms with E-state index < -0.39 is 6.04 Å². The summed E-state index contributed by atoms with van der Waals surface area (Å²) in [7, 11) is 4.09.